The van der Waals surface area contributed by atoms with Gasteiger partial charge in [0.15, 0.2) is 0 Å². The lowest BCUT2D eigenvalue weighted by atomic mass is 9.94. The first-order valence-electron chi connectivity index (χ1n) is 7.00. The second-order valence-corrected chi connectivity index (χ2v) is 6.38. The molecule has 20 heavy (non-hydrogen) atoms. The Bertz CT molecular complexity index is 604. The fourth-order valence-corrected chi connectivity index (χ4v) is 3.04. The van der Waals surface area contributed by atoms with Gasteiger partial charge in [-0.25, -0.2) is 0 Å². The highest BCUT2D eigenvalue weighted by atomic mass is 79.9. The zero-order valence-corrected chi connectivity index (χ0v) is 14.2. The van der Waals surface area contributed by atoms with Crippen molar-refractivity contribution in [2.24, 2.45) is 0 Å². The first-order chi connectivity index (χ1) is 9.51. The minimum absolute atomic E-state index is 0.352. The van der Waals surface area contributed by atoms with Crippen molar-refractivity contribution in [3.63, 3.8) is 0 Å². The summed E-state index contributed by atoms with van der Waals surface area (Å²) in [6, 6.07) is 13.6. The van der Waals surface area contributed by atoms with Crippen molar-refractivity contribution < 1.29 is 0 Å². The summed E-state index contributed by atoms with van der Waals surface area (Å²) >= 11 is 3.53. The maximum Gasteiger partial charge on any atom is 0.0361 e. The van der Waals surface area contributed by atoms with Gasteiger partial charge in [-0.05, 0) is 74.2 Å². The number of rotatable bonds is 4. The Morgan fingerprint density at radius 1 is 0.950 bits per heavy atom. The van der Waals surface area contributed by atoms with Crippen molar-refractivity contribution in [2.45, 2.75) is 33.2 Å². The Kier molecular flexibility index (Phi) is 5.00. The summed E-state index contributed by atoms with van der Waals surface area (Å²) in [5.41, 5.74) is 6.80. The first-order valence-corrected chi connectivity index (χ1v) is 7.80. The highest BCUT2D eigenvalue weighted by Crippen LogP contribution is 2.25. The van der Waals surface area contributed by atoms with Gasteiger partial charge in [0.2, 0.25) is 0 Å². The summed E-state index contributed by atoms with van der Waals surface area (Å²) in [4.78, 5) is 0. The van der Waals surface area contributed by atoms with Crippen LogP contribution in [0, 0.1) is 20.8 Å². The lowest BCUT2D eigenvalue weighted by Gasteiger charge is -2.20. The van der Waals surface area contributed by atoms with Gasteiger partial charge in [0.05, 0.1) is 0 Å². The minimum atomic E-state index is 0.352. The molecular weight excluding hydrogens is 310 g/mol. The fourth-order valence-electron chi connectivity index (χ4n) is 2.56. The molecule has 2 rings (SSSR count). The molecule has 0 fully saturated rings. The van der Waals surface area contributed by atoms with Crippen LogP contribution in [0.15, 0.2) is 40.9 Å². The van der Waals surface area contributed by atoms with E-state index in [2.05, 4.69) is 78.4 Å². The number of likely N-dealkylation sites (N-methyl/N-ethyl adjacent to an activating group) is 1. The number of halogens is 1. The molecule has 2 heteroatoms. The molecule has 2 aromatic carbocycles. The van der Waals surface area contributed by atoms with E-state index in [0.717, 1.165) is 10.9 Å². The second kappa shape index (κ2) is 6.55. The summed E-state index contributed by atoms with van der Waals surface area (Å²) < 4.78 is 1.14. The number of benzene rings is 2. The van der Waals surface area contributed by atoms with Crippen LogP contribution in [0.1, 0.15) is 33.9 Å². The van der Waals surface area contributed by atoms with Crippen LogP contribution < -0.4 is 5.32 Å². The third-order valence-electron chi connectivity index (χ3n) is 3.97. The normalized spacial score (nSPS) is 12.4. The van der Waals surface area contributed by atoms with E-state index in [1.54, 1.807) is 0 Å². The van der Waals surface area contributed by atoms with Crippen molar-refractivity contribution in [3.05, 3.63) is 68.7 Å². The van der Waals surface area contributed by atoms with E-state index >= 15 is 0 Å². The average molecular weight is 332 g/mol. The molecule has 0 amide bonds. The third-order valence-corrected chi connectivity index (χ3v) is 4.46. The molecule has 106 valence electrons. The smallest absolute Gasteiger partial charge is 0.0361 e. The van der Waals surface area contributed by atoms with Crippen LogP contribution in [0.3, 0.4) is 0 Å². The summed E-state index contributed by atoms with van der Waals surface area (Å²) in [5, 5.41) is 3.45. The van der Waals surface area contributed by atoms with Gasteiger partial charge in [0.1, 0.15) is 0 Å². The Balaban J connectivity index is 2.26. The van der Waals surface area contributed by atoms with E-state index in [9.17, 15) is 0 Å². The van der Waals surface area contributed by atoms with Crippen LogP contribution in [0.4, 0.5) is 0 Å². The number of hydrogen-bond acceptors (Lipinski definition) is 1. The zero-order chi connectivity index (χ0) is 14.7. The maximum absolute atomic E-state index is 3.53. The predicted octanol–water partition coefficient (Wildman–Crippen LogP) is 4.88. The molecule has 1 unspecified atom stereocenters. The van der Waals surface area contributed by atoms with Gasteiger partial charge < -0.3 is 5.32 Å². The van der Waals surface area contributed by atoms with E-state index in [-0.39, 0.29) is 0 Å². The van der Waals surface area contributed by atoms with Crippen LogP contribution >= 0.6 is 15.9 Å². The van der Waals surface area contributed by atoms with Crippen LogP contribution in [0.5, 0.6) is 0 Å². The largest absolute Gasteiger partial charge is 0.313 e. The molecule has 0 aliphatic heterocycles. The van der Waals surface area contributed by atoms with Gasteiger partial charge in [0.25, 0.3) is 0 Å². The zero-order valence-electron chi connectivity index (χ0n) is 12.6. The predicted molar refractivity (Wildman–Crippen MR) is 90.3 cm³/mol. The monoisotopic (exact) mass is 331 g/mol. The van der Waals surface area contributed by atoms with Crippen LogP contribution in [0.25, 0.3) is 0 Å². The Labute approximate surface area is 130 Å². The van der Waals surface area contributed by atoms with Crippen molar-refractivity contribution in [1.29, 1.82) is 0 Å². The summed E-state index contributed by atoms with van der Waals surface area (Å²) in [6.45, 7) is 6.51. The number of nitrogens with one attached hydrogen (secondary N) is 1. The third kappa shape index (κ3) is 3.50. The topological polar surface area (TPSA) is 12.0 Å². The molecule has 0 saturated carbocycles. The molecule has 0 radical (unpaired) electrons. The highest BCUT2D eigenvalue weighted by molar-refractivity contribution is 9.10. The molecular formula is C18H22BrN. The molecule has 0 heterocycles. The van der Waals surface area contributed by atoms with E-state index in [0.29, 0.717) is 6.04 Å². The number of aryl methyl sites for hydroxylation is 3. The minimum Gasteiger partial charge on any atom is -0.313 e. The molecule has 0 aliphatic rings. The molecule has 0 aromatic heterocycles. The van der Waals surface area contributed by atoms with E-state index in [1.165, 1.54) is 27.8 Å². The summed E-state index contributed by atoms with van der Waals surface area (Å²) in [5.74, 6) is 0. The van der Waals surface area contributed by atoms with Crippen molar-refractivity contribution in [3.8, 4) is 0 Å². The lowest BCUT2D eigenvalue weighted by molar-refractivity contribution is 0.588. The van der Waals surface area contributed by atoms with Crippen molar-refractivity contribution >= 4 is 15.9 Å². The van der Waals surface area contributed by atoms with E-state index in [1.807, 2.05) is 7.05 Å². The molecule has 0 spiro atoms. The molecule has 0 saturated heterocycles. The molecule has 1 N–H and O–H groups in total. The van der Waals surface area contributed by atoms with Crippen LogP contribution in [0.2, 0.25) is 0 Å². The maximum atomic E-state index is 3.53. The average Bonchev–Trinajstić information content (AvgIpc) is 2.41. The van der Waals surface area contributed by atoms with Crippen molar-refractivity contribution in [1.82, 2.24) is 5.32 Å². The Morgan fingerprint density at radius 3 is 2.30 bits per heavy atom. The van der Waals surface area contributed by atoms with Gasteiger partial charge >= 0.3 is 0 Å². The van der Waals surface area contributed by atoms with Gasteiger partial charge in [-0.15, -0.1) is 0 Å². The fraction of sp³-hybridized carbons (Fsp3) is 0.333. The van der Waals surface area contributed by atoms with Gasteiger partial charge in [-0.2, -0.15) is 0 Å². The van der Waals surface area contributed by atoms with Crippen LogP contribution in [-0.2, 0) is 6.42 Å². The quantitative estimate of drug-likeness (QED) is 0.842. The summed E-state index contributed by atoms with van der Waals surface area (Å²) in [7, 11) is 2.03. The molecule has 0 bridgehead atoms. The lowest BCUT2D eigenvalue weighted by Crippen LogP contribution is -2.19. The first kappa shape index (κ1) is 15.3. The molecule has 1 atom stereocenters. The van der Waals surface area contributed by atoms with E-state index < -0.39 is 0 Å². The van der Waals surface area contributed by atoms with Gasteiger partial charge in [-0.1, -0.05) is 40.2 Å². The standard InChI is InChI=1S/C18H22BrN/c1-12-5-6-15(9-13(12)2)11-18(20-4)17-8-7-16(19)10-14(17)3/h5-10,18,20H,11H2,1-4H3. The van der Waals surface area contributed by atoms with E-state index in [4.69, 9.17) is 0 Å². The number of hydrogen-bond donors (Lipinski definition) is 1. The Morgan fingerprint density at radius 2 is 1.70 bits per heavy atom. The SMILES string of the molecule is CNC(Cc1ccc(C)c(C)c1)c1ccc(Br)cc1C. The molecule has 1 nitrogen and oxygen atoms in total. The summed E-state index contributed by atoms with van der Waals surface area (Å²) in [6.07, 6.45) is 1.01. The van der Waals surface area contributed by atoms with Crippen LogP contribution in [-0.4, -0.2) is 7.05 Å². The van der Waals surface area contributed by atoms with Crippen molar-refractivity contribution in [2.75, 3.05) is 7.05 Å². The second-order valence-electron chi connectivity index (χ2n) is 5.46. The van der Waals surface area contributed by atoms with Gasteiger partial charge in [0, 0.05) is 10.5 Å². The molecule has 2 aromatic rings. The Hall–Kier alpha value is -1.12. The molecule has 0 aliphatic carbocycles. The highest BCUT2D eigenvalue weighted by Gasteiger charge is 2.13. The van der Waals surface area contributed by atoms with Gasteiger partial charge in [-0.3, -0.25) is 0 Å².